The van der Waals surface area contributed by atoms with E-state index in [2.05, 4.69) is 21.2 Å². The smallest absolute Gasteiger partial charge is 0.242 e. The highest BCUT2D eigenvalue weighted by molar-refractivity contribution is 9.10. The monoisotopic (exact) mass is 326 g/mol. The van der Waals surface area contributed by atoms with E-state index in [1.165, 1.54) is 0 Å². The maximum absolute atomic E-state index is 12.1. The first-order valence-electron chi connectivity index (χ1n) is 6.45. The van der Waals surface area contributed by atoms with Crippen molar-refractivity contribution in [3.8, 4) is 0 Å². The molecule has 1 N–H and O–H groups in total. The fourth-order valence-corrected chi connectivity index (χ4v) is 2.63. The Morgan fingerprint density at radius 2 is 2.37 bits per heavy atom. The largest absolute Gasteiger partial charge is 0.376 e. The van der Waals surface area contributed by atoms with Gasteiger partial charge in [0.15, 0.2) is 0 Å². The number of nitrogens with one attached hydrogen (secondary N) is 1. The summed E-state index contributed by atoms with van der Waals surface area (Å²) in [4.78, 5) is 14.0. The van der Waals surface area contributed by atoms with Gasteiger partial charge in [-0.3, -0.25) is 4.79 Å². The molecule has 4 nitrogen and oxygen atoms in total. The van der Waals surface area contributed by atoms with Gasteiger partial charge in [-0.2, -0.15) is 0 Å². The van der Waals surface area contributed by atoms with E-state index in [0.717, 1.165) is 15.7 Å². The van der Waals surface area contributed by atoms with Crippen LogP contribution < -0.4 is 5.32 Å². The van der Waals surface area contributed by atoms with E-state index in [1.807, 2.05) is 36.9 Å². The van der Waals surface area contributed by atoms with Crippen molar-refractivity contribution >= 4 is 27.5 Å². The highest BCUT2D eigenvalue weighted by Gasteiger charge is 2.20. The van der Waals surface area contributed by atoms with E-state index >= 15 is 0 Å². The van der Waals surface area contributed by atoms with E-state index in [0.29, 0.717) is 26.2 Å². The lowest BCUT2D eigenvalue weighted by Crippen LogP contribution is -2.46. The van der Waals surface area contributed by atoms with Gasteiger partial charge in [0.2, 0.25) is 5.91 Å². The zero-order valence-corrected chi connectivity index (χ0v) is 12.9. The third-order valence-corrected chi connectivity index (χ3v) is 3.71. The van der Waals surface area contributed by atoms with E-state index in [9.17, 15) is 4.79 Å². The minimum Gasteiger partial charge on any atom is -0.376 e. The summed E-state index contributed by atoms with van der Waals surface area (Å²) in [6.45, 7) is 6.34. The van der Waals surface area contributed by atoms with Gasteiger partial charge >= 0.3 is 0 Å². The molecule has 0 bridgehead atoms. The number of carbonyl (C=O) groups excluding carboxylic acids is 1. The number of hydrogen-bond acceptors (Lipinski definition) is 3. The maximum Gasteiger partial charge on any atom is 0.242 e. The van der Waals surface area contributed by atoms with E-state index in [-0.39, 0.29) is 12.0 Å². The van der Waals surface area contributed by atoms with Gasteiger partial charge in [-0.15, -0.1) is 0 Å². The number of halogens is 1. The lowest BCUT2D eigenvalue weighted by molar-refractivity contribution is -0.136. The molecule has 1 aliphatic heterocycles. The van der Waals surface area contributed by atoms with Crippen LogP contribution in [0.2, 0.25) is 0 Å². The topological polar surface area (TPSA) is 41.6 Å². The zero-order valence-electron chi connectivity index (χ0n) is 11.3. The molecule has 0 spiro atoms. The van der Waals surface area contributed by atoms with Gasteiger partial charge in [-0.1, -0.05) is 15.9 Å². The lowest BCUT2D eigenvalue weighted by Gasteiger charge is -2.31. The van der Waals surface area contributed by atoms with Crippen LogP contribution in [0.1, 0.15) is 12.5 Å². The van der Waals surface area contributed by atoms with Crippen LogP contribution in [0.15, 0.2) is 22.7 Å². The molecule has 1 unspecified atom stereocenters. The fraction of sp³-hybridized carbons (Fsp3) is 0.500. The predicted octanol–water partition coefficient (Wildman–Crippen LogP) is 2.42. The van der Waals surface area contributed by atoms with Crippen LogP contribution in [0.3, 0.4) is 0 Å². The Morgan fingerprint density at radius 1 is 1.58 bits per heavy atom. The Bertz CT molecular complexity index is 465. The average Bonchev–Trinajstić information content (AvgIpc) is 2.37. The molecular weight excluding hydrogens is 308 g/mol. The number of aryl methyl sites for hydroxylation is 1. The van der Waals surface area contributed by atoms with Crippen LogP contribution >= 0.6 is 15.9 Å². The number of benzene rings is 1. The molecule has 0 saturated carbocycles. The molecule has 5 heteroatoms. The summed E-state index contributed by atoms with van der Waals surface area (Å²) in [6.07, 6.45) is 0.132. The molecule has 1 aliphatic rings. The van der Waals surface area contributed by atoms with Crippen LogP contribution in [-0.2, 0) is 9.53 Å². The standard InChI is InChI=1S/C14H19BrN2O2/c1-10-7-12(15)3-4-13(10)16-8-14(18)17-5-6-19-11(2)9-17/h3-4,7,11,16H,5-6,8-9H2,1-2H3. The molecule has 1 aromatic rings. The molecule has 1 fully saturated rings. The van der Waals surface area contributed by atoms with Gasteiger partial charge in [0, 0.05) is 23.2 Å². The first-order chi connectivity index (χ1) is 9.06. The van der Waals surface area contributed by atoms with Crippen molar-refractivity contribution in [2.45, 2.75) is 20.0 Å². The van der Waals surface area contributed by atoms with E-state index < -0.39 is 0 Å². The Labute approximate surface area is 122 Å². The molecule has 1 atom stereocenters. The molecular formula is C14H19BrN2O2. The van der Waals surface area contributed by atoms with Crippen molar-refractivity contribution in [1.82, 2.24) is 4.90 Å². The molecule has 1 heterocycles. The zero-order chi connectivity index (χ0) is 13.8. The number of rotatable bonds is 3. The fourth-order valence-electron chi connectivity index (χ4n) is 2.15. The van der Waals surface area contributed by atoms with Gasteiger partial charge in [-0.25, -0.2) is 0 Å². The van der Waals surface area contributed by atoms with E-state index in [1.54, 1.807) is 0 Å². The van der Waals surface area contributed by atoms with E-state index in [4.69, 9.17) is 4.74 Å². The summed E-state index contributed by atoms with van der Waals surface area (Å²) >= 11 is 3.43. The molecule has 0 radical (unpaired) electrons. The Morgan fingerprint density at radius 3 is 3.05 bits per heavy atom. The quantitative estimate of drug-likeness (QED) is 0.927. The maximum atomic E-state index is 12.1. The molecule has 104 valence electrons. The number of carbonyl (C=O) groups is 1. The van der Waals surface area contributed by atoms with Crippen LogP contribution in [0.5, 0.6) is 0 Å². The van der Waals surface area contributed by atoms with Gasteiger partial charge < -0.3 is 15.0 Å². The number of ether oxygens (including phenoxy) is 1. The number of morpholine rings is 1. The van der Waals surface area contributed by atoms with Crippen molar-refractivity contribution in [3.63, 3.8) is 0 Å². The third kappa shape index (κ3) is 3.94. The average molecular weight is 327 g/mol. The number of amides is 1. The first kappa shape index (κ1) is 14.3. The lowest BCUT2D eigenvalue weighted by atomic mass is 10.2. The molecule has 0 aliphatic carbocycles. The highest BCUT2D eigenvalue weighted by Crippen LogP contribution is 2.19. The second kappa shape index (κ2) is 6.39. The normalized spacial score (nSPS) is 19.3. The van der Waals surface area contributed by atoms with Crippen molar-refractivity contribution in [2.75, 3.05) is 31.6 Å². The highest BCUT2D eigenvalue weighted by atomic mass is 79.9. The summed E-state index contributed by atoms with van der Waals surface area (Å²) in [7, 11) is 0. The molecule has 1 aromatic carbocycles. The molecule has 1 saturated heterocycles. The molecule has 1 amide bonds. The summed E-state index contributed by atoms with van der Waals surface area (Å²) in [5, 5.41) is 3.20. The van der Waals surface area contributed by atoms with Gasteiger partial charge in [0.25, 0.3) is 0 Å². The van der Waals surface area contributed by atoms with Crippen molar-refractivity contribution in [1.29, 1.82) is 0 Å². The Hall–Kier alpha value is -1.07. The van der Waals surface area contributed by atoms with Crippen LogP contribution in [0.25, 0.3) is 0 Å². The van der Waals surface area contributed by atoms with Crippen LogP contribution in [-0.4, -0.2) is 43.2 Å². The van der Waals surface area contributed by atoms with Gasteiger partial charge in [0.05, 0.1) is 19.3 Å². The first-order valence-corrected chi connectivity index (χ1v) is 7.25. The van der Waals surface area contributed by atoms with Crippen LogP contribution in [0.4, 0.5) is 5.69 Å². The van der Waals surface area contributed by atoms with Crippen molar-refractivity contribution < 1.29 is 9.53 Å². The summed E-state index contributed by atoms with van der Waals surface area (Å²) < 4.78 is 6.48. The molecule has 19 heavy (non-hydrogen) atoms. The summed E-state index contributed by atoms with van der Waals surface area (Å²) in [5.74, 6) is 0.123. The number of nitrogens with zero attached hydrogens (tertiary/aromatic N) is 1. The summed E-state index contributed by atoms with van der Waals surface area (Å²) in [6, 6.07) is 5.98. The second-order valence-electron chi connectivity index (χ2n) is 4.83. The van der Waals surface area contributed by atoms with Crippen molar-refractivity contribution in [2.24, 2.45) is 0 Å². The van der Waals surface area contributed by atoms with Crippen LogP contribution in [0, 0.1) is 6.92 Å². The second-order valence-corrected chi connectivity index (χ2v) is 5.75. The SMILES string of the molecule is Cc1cc(Br)ccc1NCC(=O)N1CCOC(C)C1. The minimum absolute atomic E-state index is 0.123. The number of hydrogen-bond donors (Lipinski definition) is 1. The Kier molecular flexibility index (Phi) is 4.82. The molecule has 0 aromatic heterocycles. The van der Waals surface area contributed by atoms with Gasteiger partial charge in [-0.05, 0) is 37.6 Å². The number of anilines is 1. The van der Waals surface area contributed by atoms with Gasteiger partial charge in [0.1, 0.15) is 0 Å². The minimum atomic E-state index is 0.123. The molecule has 2 rings (SSSR count). The van der Waals surface area contributed by atoms with Crippen molar-refractivity contribution in [3.05, 3.63) is 28.2 Å². The predicted molar refractivity (Wildman–Crippen MR) is 79.4 cm³/mol. The third-order valence-electron chi connectivity index (χ3n) is 3.21. The Balaban J connectivity index is 1.89. The summed E-state index contributed by atoms with van der Waals surface area (Å²) in [5.41, 5.74) is 2.12.